The van der Waals surface area contributed by atoms with Crippen LogP contribution < -0.4 is 10.1 Å². The minimum atomic E-state index is -0.282. The zero-order valence-electron chi connectivity index (χ0n) is 12.9. The van der Waals surface area contributed by atoms with Crippen LogP contribution in [0.15, 0.2) is 54.3 Å². The monoisotopic (exact) mass is 363 g/mol. The quantitative estimate of drug-likeness (QED) is 0.769. The highest BCUT2D eigenvalue weighted by atomic mass is 35.5. The van der Waals surface area contributed by atoms with Crippen LogP contribution in [0.2, 0.25) is 10.0 Å². The maximum Gasteiger partial charge on any atom is 0.314 e. The molecule has 1 aliphatic heterocycles. The molecule has 0 saturated carbocycles. The zero-order valence-corrected chi connectivity index (χ0v) is 14.4. The van der Waals surface area contributed by atoms with Gasteiger partial charge in [0.15, 0.2) is 0 Å². The van der Waals surface area contributed by atoms with Crippen molar-refractivity contribution in [1.82, 2.24) is 5.32 Å². The van der Waals surface area contributed by atoms with Crippen LogP contribution in [0.1, 0.15) is 18.0 Å². The summed E-state index contributed by atoms with van der Waals surface area (Å²) in [5, 5.41) is 4.04. The van der Waals surface area contributed by atoms with E-state index in [4.69, 9.17) is 32.7 Å². The number of rotatable bonds is 5. The van der Waals surface area contributed by atoms with Gasteiger partial charge in [-0.3, -0.25) is 4.79 Å². The normalized spacial score (nSPS) is 15.0. The standard InChI is InChI=1S/C18H15Cl2NO3/c1-21-18(16-8-9-17(22)24-16)12-4-2-3-5-15(12)23-11-6-7-13(19)14(20)10-11/h2-8,10,18,21H,9H2,1H3. The Balaban J connectivity index is 1.92. The Hall–Kier alpha value is -2.01. The Morgan fingerprint density at radius 3 is 2.62 bits per heavy atom. The number of carbonyl (C=O) groups is 1. The predicted octanol–water partition coefficient (Wildman–Crippen LogP) is 4.88. The number of likely N-dealkylation sites (N-methyl/N-ethyl adjacent to an activating group) is 1. The third-order valence-corrected chi connectivity index (χ3v) is 4.36. The molecule has 6 heteroatoms. The van der Waals surface area contributed by atoms with Gasteiger partial charge in [-0.05, 0) is 31.3 Å². The Kier molecular flexibility index (Phi) is 5.09. The molecule has 124 valence electrons. The van der Waals surface area contributed by atoms with Crippen molar-refractivity contribution in [3.05, 3.63) is 69.9 Å². The second kappa shape index (κ2) is 7.26. The van der Waals surface area contributed by atoms with Gasteiger partial charge in [-0.25, -0.2) is 0 Å². The largest absolute Gasteiger partial charge is 0.457 e. The van der Waals surface area contributed by atoms with Crippen molar-refractivity contribution < 1.29 is 14.3 Å². The number of halogens is 2. The fraction of sp³-hybridized carbons (Fsp3) is 0.167. The molecule has 4 nitrogen and oxygen atoms in total. The molecule has 1 aliphatic rings. The van der Waals surface area contributed by atoms with Gasteiger partial charge in [-0.1, -0.05) is 41.4 Å². The van der Waals surface area contributed by atoms with E-state index in [0.717, 1.165) is 5.56 Å². The smallest absolute Gasteiger partial charge is 0.314 e. The van der Waals surface area contributed by atoms with E-state index in [-0.39, 0.29) is 18.4 Å². The fourth-order valence-corrected chi connectivity index (χ4v) is 2.79. The Morgan fingerprint density at radius 1 is 1.17 bits per heavy atom. The van der Waals surface area contributed by atoms with Gasteiger partial charge in [-0.15, -0.1) is 0 Å². The highest BCUT2D eigenvalue weighted by molar-refractivity contribution is 6.42. The van der Waals surface area contributed by atoms with Gasteiger partial charge in [0.1, 0.15) is 17.3 Å². The maximum atomic E-state index is 11.4. The van der Waals surface area contributed by atoms with Gasteiger partial charge >= 0.3 is 5.97 Å². The number of para-hydroxylation sites is 1. The Morgan fingerprint density at radius 2 is 1.96 bits per heavy atom. The number of nitrogens with one attached hydrogen (secondary N) is 1. The molecular formula is C18H15Cl2NO3. The number of hydrogen-bond acceptors (Lipinski definition) is 4. The topological polar surface area (TPSA) is 47.6 Å². The van der Waals surface area contributed by atoms with E-state index in [9.17, 15) is 4.79 Å². The third-order valence-electron chi connectivity index (χ3n) is 3.62. The second-order valence-corrected chi connectivity index (χ2v) is 6.04. The lowest BCUT2D eigenvalue weighted by Gasteiger charge is -2.20. The molecule has 0 spiro atoms. The molecule has 0 aliphatic carbocycles. The molecule has 2 aromatic rings. The van der Waals surface area contributed by atoms with E-state index in [1.807, 2.05) is 24.3 Å². The first kappa shape index (κ1) is 16.8. The molecule has 1 atom stereocenters. The van der Waals surface area contributed by atoms with Crippen LogP contribution in [0, 0.1) is 0 Å². The molecule has 0 fully saturated rings. The molecule has 2 aromatic carbocycles. The highest BCUT2D eigenvalue weighted by Gasteiger charge is 2.26. The molecule has 3 rings (SSSR count). The molecule has 24 heavy (non-hydrogen) atoms. The first-order chi connectivity index (χ1) is 11.6. The predicted molar refractivity (Wildman–Crippen MR) is 93.6 cm³/mol. The number of ether oxygens (including phenoxy) is 2. The minimum Gasteiger partial charge on any atom is -0.457 e. The van der Waals surface area contributed by atoms with E-state index in [1.54, 1.807) is 31.3 Å². The number of benzene rings is 2. The molecule has 0 radical (unpaired) electrons. The first-order valence-corrected chi connectivity index (χ1v) is 8.14. The second-order valence-electron chi connectivity index (χ2n) is 5.22. The summed E-state index contributed by atoms with van der Waals surface area (Å²) in [4.78, 5) is 11.4. The molecule has 1 unspecified atom stereocenters. The van der Waals surface area contributed by atoms with Crippen LogP contribution in [0.3, 0.4) is 0 Å². The number of carbonyl (C=O) groups excluding carboxylic acids is 1. The summed E-state index contributed by atoms with van der Waals surface area (Å²) < 4.78 is 11.2. The molecule has 1 heterocycles. The summed E-state index contributed by atoms with van der Waals surface area (Å²) in [5.41, 5.74) is 0.854. The van der Waals surface area contributed by atoms with Crippen LogP contribution in [-0.4, -0.2) is 13.0 Å². The third kappa shape index (κ3) is 3.56. The van der Waals surface area contributed by atoms with Gasteiger partial charge in [0.2, 0.25) is 0 Å². The van der Waals surface area contributed by atoms with E-state index in [1.165, 1.54) is 0 Å². The van der Waals surface area contributed by atoms with Crippen LogP contribution in [0.25, 0.3) is 0 Å². The molecule has 0 aromatic heterocycles. The van der Waals surface area contributed by atoms with Crippen molar-refractivity contribution >= 4 is 29.2 Å². The SMILES string of the molecule is CNC(C1=CCC(=O)O1)c1ccccc1Oc1ccc(Cl)c(Cl)c1. The summed E-state index contributed by atoms with van der Waals surface area (Å²) in [6, 6.07) is 12.3. The minimum absolute atomic E-state index is 0.256. The fourth-order valence-electron chi connectivity index (χ4n) is 2.51. The summed E-state index contributed by atoms with van der Waals surface area (Å²) >= 11 is 12.0. The average molecular weight is 364 g/mol. The van der Waals surface area contributed by atoms with Gasteiger partial charge in [-0.2, -0.15) is 0 Å². The van der Waals surface area contributed by atoms with E-state index < -0.39 is 0 Å². The van der Waals surface area contributed by atoms with Crippen LogP contribution in [-0.2, 0) is 9.53 Å². The van der Waals surface area contributed by atoms with Crippen molar-refractivity contribution in [3.63, 3.8) is 0 Å². The maximum absolute atomic E-state index is 11.4. The van der Waals surface area contributed by atoms with Crippen molar-refractivity contribution in [1.29, 1.82) is 0 Å². The molecule has 1 N–H and O–H groups in total. The Labute approximate surface area is 150 Å². The van der Waals surface area contributed by atoms with Crippen molar-refractivity contribution in [2.45, 2.75) is 12.5 Å². The lowest BCUT2D eigenvalue weighted by atomic mass is 10.0. The van der Waals surface area contributed by atoms with Crippen molar-refractivity contribution in [2.75, 3.05) is 7.05 Å². The summed E-state index contributed by atoms with van der Waals surface area (Å²) in [6.07, 6.45) is 2.06. The summed E-state index contributed by atoms with van der Waals surface area (Å²) in [7, 11) is 1.80. The van der Waals surface area contributed by atoms with Gasteiger partial charge in [0.05, 0.1) is 22.5 Å². The molecule has 0 saturated heterocycles. The van der Waals surface area contributed by atoms with E-state index >= 15 is 0 Å². The van der Waals surface area contributed by atoms with Crippen LogP contribution in [0.5, 0.6) is 11.5 Å². The highest BCUT2D eigenvalue weighted by Crippen LogP contribution is 2.36. The lowest BCUT2D eigenvalue weighted by molar-refractivity contribution is -0.136. The summed E-state index contributed by atoms with van der Waals surface area (Å²) in [6.45, 7) is 0. The van der Waals surface area contributed by atoms with E-state index in [2.05, 4.69) is 5.32 Å². The van der Waals surface area contributed by atoms with Gasteiger partial charge < -0.3 is 14.8 Å². The Bertz CT molecular complexity index is 805. The molecule has 0 amide bonds. The molecular weight excluding hydrogens is 349 g/mol. The molecule has 0 bridgehead atoms. The van der Waals surface area contributed by atoms with E-state index in [0.29, 0.717) is 27.3 Å². The average Bonchev–Trinajstić information content (AvgIpc) is 2.99. The first-order valence-electron chi connectivity index (χ1n) is 7.38. The van der Waals surface area contributed by atoms with Gasteiger partial charge in [0.25, 0.3) is 0 Å². The number of esters is 1. The van der Waals surface area contributed by atoms with Gasteiger partial charge in [0, 0.05) is 11.6 Å². The van der Waals surface area contributed by atoms with Crippen molar-refractivity contribution in [3.8, 4) is 11.5 Å². The zero-order chi connectivity index (χ0) is 17.1. The number of hydrogen-bond donors (Lipinski definition) is 1. The van der Waals surface area contributed by atoms with Crippen molar-refractivity contribution in [2.24, 2.45) is 0 Å². The van der Waals surface area contributed by atoms with Crippen LogP contribution in [0.4, 0.5) is 0 Å². The number of cyclic esters (lactones) is 1. The van der Waals surface area contributed by atoms with Crippen LogP contribution >= 0.6 is 23.2 Å². The lowest BCUT2D eigenvalue weighted by Crippen LogP contribution is -2.20. The summed E-state index contributed by atoms with van der Waals surface area (Å²) in [5.74, 6) is 1.53.